The fourth-order valence-corrected chi connectivity index (χ4v) is 15.7. The van der Waals surface area contributed by atoms with E-state index in [0.29, 0.717) is 33.6 Å². The lowest BCUT2D eigenvalue weighted by atomic mass is 10.3. The van der Waals surface area contributed by atoms with Gasteiger partial charge in [-0.25, -0.2) is 0 Å². The molecule has 12 heteroatoms. The number of phenolic OH excluding ortho intramolecular Hbond substituents is 2. The Hall–Kier alpha value is -5.19. The molecule has 0 radical (unpaired) electrons. The highest BCUT2D eigenvalue weighted by Crippen LogP contribution is 2.77. The Morgan fingerprint density at radius 1 is 0.333 bits per heavy atom. The highest BCUT2D eigenvalue weighted by Gasteiger charge is 2.46. The molecule has 0 aromatic heterocycles. The molecule has 0 saturated heterocycles. The summed E-state index contributed by atoms with van der Waals surface area (Å²) in [5, 5.41) is 21.8. The van der Waals surface area contributed by atoms with Gasteiger partial charge in [-0.15, -0.1) is 9.03 Å². The Bertz CT molecular complexity index is 2030. The summed E-state index contributed by atoms with van der Waals surface area (Å²) in [5.74, 6) is 2.11. The van der Waals surface area contributed by atoms with Crippen LogP contribution in [0.2, 0.25) is 0 Å². The topological polar surface area (TPSA) is 114 Å². The molecule has 0 fully saturated rings. The number of nitrogens with zero attached hydrogens (tertiary/aromatic N) is 3. The number of aromatic hydroxyl groups is 2. The van der Waals surface area contributed by atoms with Crippen molar-refractivity contribution in [1.82, 2.24) is 0 Å². The third-order valence-corrected chi connectivity index (χ3v) is 16.4. The Kier molecular flexibility index (Phi) is 8.84. The van der Waals surface area contributed by atoms with E-state index in [-0.39, 0.29) is 11.5 Å². The Morgan fingerprint density at radius 3 is 1.00 bits per heavy atom. The maximum Gasteiger partial charge on any atom is 0.455 e. The van der Waals surface area contributed by atoms with Gasteiger partial charge in [0.25, 0.3) is 14.9 Å². The molecule has 7 rings (SSSR count). The highest BCUT2D eigenvalue weighted by atomic mass is 31.3. The third-order valence-electron chi connectivity index (χ3n) is 6.97. The number of hydrogen-bond acceptors (Lipinski definition) is 9. The zero-order valence-corrected chi connectivity index (χ0v) is 28.1. The molecule has 0 amide bonds. The normalized spacial score (nSPS) is 19.4. The summed E-state index contributed by atoms with van der Waals surface area (Å²) < 4.78 is 43.7. The largest absolute Gasteiger partial charge is 0.508 e. The van der Waals surface area contributed by atoms with E-state index in [0.717, 1.165) is 0 Å². The van der Waals surface area contributed by atoms with Gasteiger partial charge in [-0.1, -0.05) is 72.8 Å². The zero-order chi connectivity index (χ0) is 32.9. The van der Waals surface area contributed by atoms with Crippen molar-refractivity contribution >= 4 is 33.1 Å². The lowest BCUT2D eigenvalue weighted by molar-refractivity contribution is 0.475. The van der Waals surface area contributed by atoms with E-state index in [1.54, 1.807) is 48.5 Å². The number of para-hydroxylation sites is 4. The fraction of sp³-hybridized carbons (Fsp3) is 0. The molecular weight excluding hydrogens is 663 g/mol. The van der Waals surface area contributed by atoms with Gasteiger partial charge < -0.3 is 28.3 Å². The van der Waals surface area contributed by atoms with Gasteiger partial charge in [0.1, 0.15) is 34.5 Å². The van der Waals surface area contributed by atoms with Crippen molar-refractivity contribution in [2.45, 2.75) is 0 Å². The van der Waals surface area contributed by atoms with Crippen molar-refractivity contribution in [2.75, 3.05) is 0 Å². The first-order chi connectivity index (χ1) is 23.4. The van der Waals surface area contributed by atoms with Crippen LogP contribution in [-0.4, -0.2) is 10.2 Å². The van der Waals surface area contributed by atoms with E-state index in [1.165, 1.54) is 0 Å². The molecule has 0 bridgehead atoms. The fourth-order valence-electron chi connectivity index (χ4n) is 4.79. The second kappa shape index (κ2) is 13.5. The minimum absolute atomic E-state index is 0.0700. The Labute approximate surface area is 278 Å². The molecule has 2 atom stereocenters. The maximum absolute atomic E-state index is 10.3. The summed E-state index contributed by atoms with van der Waals surface area (Å²) in [6.45, 7) is 0. The molecule has 6 aromatic carbocycles. The molecule has 6 aromatic rings. The average molecular weight is 694 g/mol. The van der Waals surface area contributed by atoms with Crippen molar-refractivity contribution in [1.29, 1.82) is 0 Å². The summed E-state index contributed by atoms with van der Waals surface area (Å²) >= 11 is 0. The monoisotopic (exact) mass is 693 g/mol. The average Bonchev–Trinajstić information content (AvgIpc) is 3.10. The van der Waals surface area contributed by atoms with Gasteiger partial charge >= 0.3 is 7.66 Å². The van der Waals surface area contributed by atoms with Gasteiger partial charge in [-0.05, 0) is 97.1 Å². The van der Waals surface area contributed by atoms with Gasteiger partial charge in [-0.2, -0.15) is 4.52 Å². The second-order valence-corrected chi connectivity index (χ2v) is 17.6. The maximum atomic E-state index is 10.3. The molecule has 9 nitrogen and oxygen atoms in total. The Balaban J connectivity index is 1.63. The Morgan fingerprint density at radius 2 is 0.646 bits per heavy atom. The van der Waals surface area contributed by atoms with Crippen LogP contribution in [0.1, 0.15) is 0 Å². The van der Waals surface area contributed by atoms with Crippen LogP contribution in [0.3, 0.4) is 0 Å². The molecule has 0 saturated carbocycles. The van der Waals surface area contributed by atoms with Crippen molar-refractivity contribution in [3.63, 3.8) is 0 Å². The molecular formula is C36H30N3O6P3. The van der Waals surface area contributed by atoms with Crippen molar-refractivity contribution in [3.05, 3.63) is 170 Å². The summed E-state index contributed by atoms with van der Waals surface area (Å²) in [6, 6.07) is 50.2. The van der Waals surface area contributed by atoms with Crippen LogP contribution in [0.25, 0.3) is 0 Å². The lowest BCUT2D eigenvalue weighted by Crippen LogP contribution is -2.17. The smallest absolute Gasteiger partial charge is 0.455 e. The SMILES string of the molecule is Oc1ccc(P2(Oc3ccccc3)=NP(Oc3ccccc3)(Oc3ccccc3)=NP(Oc3ccccc3)(c3ccc(O)cc3)=N2)cc1. The van der Waals surface area contributed by atoms with E-state index in [1.807, 2.05) is 121 Å². The summed E-state index contributed by atoms with van der Waals surface area (Å²) in [6.07, 6.45) is 0. The number of rotatable bonds is 10. The van der Waals surface area contributed by atoms with Crippen LogP contribution in [0.4, 0.5) is 0 Å². The van der Waals surface area contributed by atoms with Gasteiger partial charge in [0.2, 0.25) is 0 Å². The molecule has 2 unspecified atom stereocenters. The highest BCUT2D eigenvalue weighted by molar-refractivity contribution is 7.87. The van der Waals surface area contributed by atoms with Crippen LogP contribution in [-0.2, 0) is 0 Å². The van der Waals surface area contributed by atoms with Crippen LogP contribution >= 0.6 is 22.5 Å². The van der Waals surface area contributed by atoms with Crippen LogP contribution < -0.4 is 28.7 Å². The zero-order valence-electron chi connectivity index (χ0n) is 25.4. The van der Waals surface area contributed by atoms with Gasteiger partial charge in [0, 0.05) is 0 Å². The van der Waals surface area contributed by atoms with Crippen LogP contribution in [0.5, 0.6) is 34.5 Å². The van der Waals surface area contributed by atoms with Gasteiger partial charge in [-0.3, -0.25) is 0 Å². The molecule has 1 heterocycles. The number of phenols is 2. The quantitative estimate of drug-likeness (QED) is 0.138. The van der Waals surface area contributed by atoms with Gasteiger partial charge in [0.05, 0.1) is 10.6 Å². The second-order valence-electron chi connectivity index (χ2n) is 10.5. The van der Waals surface area contributed by atoms with Crippen molar-refractivity contribution in [2.24, 2.45) is 13.5 Å². The predicted molar refractivity (Wildman–Crippen MR) is 192 cm³/mol. The number of hydrogen-bond donors (Lipinski definition) is 2. The summed E-state index contributed by atoms with van der Waals surface area (Å²) in [7, 11) is -11.0. The first-order valence-corrected chi connectivity index (χ1v) is 19.7. The third kappa shape index (κ3) is 6.90. The molecule has 1 aliphatic heterocycles. The summed E-state index contributed by atoms with van der Waals surface area (Å²) in [5.41, 5.74) is 0. The molecule has 240 valence electrons. The molecule has 0 spiro atoms. The first kappa shape index (κ1) is 31.4. The van der Waals surface area contributed by atoms with E-state index in [2.05, 4.69) is 0 Å². The van der Waals surface area contributed by atoms with Crippen molar-refractivity contribution < 1.29 is 28.3 Å². The predicted octanol–water partition coefficient (Wildman–Crippen LogP) is 10.4. The first-order valence-electron chi connectivity index (χ1n) is 14.9. The molecule has 1 aliphatic rings. The minimum atomic E-state index is -3.83. The van der Waals surface area contributed by atoms with Crippen LogP contribution in [0, 0.1) is 0 Å². The molecule has 0 aliphatic carbocycles. The number of benzene rings is 6. The van der Waals surface area contributed by atoms with E-state index >= 15 is 0 Å². The molecule has 2 N–H and O–H groups in total. The van der Waals surface area contributed by atoms with E-state index in [9.17, 15) is 10.2 Å². The summed E-state index contributed by atoms with van der Waals surface area (Å²) in [4.78, 5) is 0. The minimum Gasteiger partial charge on any atom is -0.508 e. The lowest BCUT2D eigenvalue weighted by Gasteiger charge is -2.35. The van der Waals surface area contributed by atoms with Gasteiger partial charge in [0.15, 0.2) is 0 Å². The van der Waals surface area contributed by atoms with Crippen molar-refractivity contribution in [3.8, 4) is 34.5 Å². The standard InChI is InChI=1S/C36H30N3O6P3/c40-29-21-25-35(26-22-29)46(42-31-13-5-1-6-14-31)37-47(36-27-23-30(41)24-28-36,43-32-15-7-2-8-16-32)39-48(38-46,44-33-17-9-3-10-18-33)45-34-19-11-4-12-20-34/h1-28,40-41H. The van der Waals surface area contributed by atoms with E-state index in [4.69, 9.17) is 31.6 Å². The van der Waals surface area contributed by atoms with E-state index < -0.39 is 22.5 Å². The molecule has 48 heavy (non-hydrogen) atoms. The van der Waals surface area contributed by atoms with Crippen LogP contribution in [0.15, 0.2) is 183 Å².